The van der Waals surface area contributed by atoms with Gasteiger partial charge in [-0.15, -0.1) is 0 Å². The number of hydrogen-bond donors (Lipinski definition) is 2. The van der Waals surface area contributed by atoms with Gasteiger partial charge in [-0.25, -0.2) is 0 Å². The number of dihydropyridines is 1. The third-order valence-electron chi connectivity index (χ3n) is 11.6. The van der Waals surface area contributed by atoms with E-state index in [0.29, 0.717) is 29.2 Å². The molecule has 48 heavy (non-hydrogen) atoms. The molecule has 0 aromatic heterocycles. The Morgan fingerprint density at radius 1 is 1.06 bits per heavy atom. The molecule has 2 unspecified atom stereocenters. The van der Waals surface area contributed by atoms with Crippen LogP contribution in [0.25, 0.3) is 11.1 Å². The maximum absolute atomic E-state index is 14.3. The number of amides is 1. The van der Waals surface area contributed by atoms with Crippen LogP contribution in [-0.4, -0.2) is 70.1 Å². The van der Waals surface area contributed by atoms with Gasteiger partial charge in [0.1, 0.15) is 0 Å². The topological polar surface area (TPSA) is 66.1 Å². The van der Waals surface area contributed by atoms with Crippen molar-refractivity contribution in [2.24, 2.45) is 0 Å². The zero-order chi connectivity index (χ0) is 34.2. The van der Waals surface area contributed by atoms with E-state index in [1.165, 1.54) is 22.4 Å². The lowest BCUT2D eigenvalue weighted by Gasteiger charge is -2.40. The van der Waals surface area contributed by atoms with Crippen LogP contribution < -0.4 is 20.4 Å². The number of fused-ring (bicyclic) bond motifs is 2. The molecule has 4 aliphatic rings. The first-order valence-corrected chi connectivity index (χ1v) is 18.6. The third kappa shape index (κ3) is 6.27. The number of nitrogens with one attached hydrogen (secondary N) is 2. The van der Waals surface area contributed by atoms with E-state index >= 15 is 0 Å². The lowest BCUT2D eigenvalue weighted by Crippen LogP contribution is -2.46. The van der Waals surface area contributed by atoms with Gasteiger partial charge in [0, 0.05) is 92.2 Å². The van der Waals surface area contributed by atoms with E-state index in [0.717, 1.165) is 99.7 Å². The summed E-state index contributed by atoms with van der Waals surface area (Å²) in [7, 11) is 0. The van der Waals surface area contributed by atoms with Crippen LogP contribution in [0.15, 0.2) is 47.2 Å². The minimum absolute atomic E-state index is 0.0995. The quantitative estimate of drug-likeness (QED) is 0.282. The number of nitrogens with zero attached hydrogens (tertiary/aromatic N) is 2. The molecule has 6 rings (SSSR count). The highest BCUT2D eigenvalue weighted by atomic mass is 35.5. The maximum Gasteiger partial charge on any atom is 0.253 e. The fourth-order valence-corrected chi connectivity index (χ4v) is 9.38. The number of anilines is 2. The molecule has 7 nitrogen and oxygen atoms in total. The molecule has 2 atom stereocenters. The number of carbonyl (C=O) groups is 1. The molecule has 0 aliphatic carbocycles. The summed E-state index contributed by atoms with van der Waals surface area (Å²) in [4.78, 5) is 19.4. The Kier molecular flexibility index (Phi) is 10.5. The summed E-state index contributed by atoms with van der Waals surface area (Å²) < 4.78 is 11.6. The predicted molar refractivity (Wildman–Crippen MR) is 199 cm³/mol. The Bertz CT molecular complexity index is 1590. The van der Waals surface area contributed by atoms with E-state index in [1.54, 1.807) is 0 Å². The second kappa shape index (κ2) is 14.5. The van der Waals surface area contributed by atoms with Gasteiger partial charge >= 0.3 is 0 Å². The molecule has 0 bridgehead atoms. The van der Waals surface area contributed by atoms with Crippen LogP contribution in [0.2, 0.25) is 5.02 Å². The first-order chi connectivity index (χ1) is 23.1. The summed E-state index contributed by atoms with van der Waals surface area (Å²) in [5.74, 6) is -0.133. The standard InChI is InChI=1S/C40H55ClN4O3/c1-8-16-45-29(7)40(14-19-48-20-15-40)34-11-10-30(22-36(34)45)32-23-35(44(9-2)31-12-17-47-18-13-31)27(5)37(38(32)41)39(46)42-24-33-25(3)21-26(4)43-28(33)6/h10-11,21-23,28-29,31,43H,8-9,12-20,24H2,1-7H3,(H,42,46). The fourth-order valence-electron chi connectivity index (χ4n) is 8.99. The fraction of sp³-hybridized carbons (Fsp3) is 0.575. The van der Waals surface area contributed by atoms with Crippen molar-refractivity contribution in [1.82, 2.24) is 10.6 Å². The molecule has 2 aromatic rings. The highest BCUT2D eigenvalue weighted by Gasteiger charge is 2.49. The molecule has 2 N–H and O–H groups in total. The van der Waals surface area contributed by atoms with Gasteiger partial charge in [0.05, 0.1) is 10.6 Å². The lowest BCUT2D eigenvalue weighted by atomic mass is 9.71. The number of carbonyl (C=O) groups excluding carboxylic acids is 1. The molecule has 2 aromatic carbocycles. The van der Waals surface area contributed by atoms with Crippen molar-refractivity contribution in [3.05, 3.63) is 68.9 Å². The van der Waals surface area contributed by atoms with Gasteiger partial charge in [-0.1, -0.05) is 30.7 Å². The van der Waals surface area contributed by atoms with Crippen molar-refractivity contribution >= 4 is 28.9 Å². The van der Waals surface area contributed by atoms with Gasteiger partial charge < -0.3 is 29.9 Å². The molecular formula is C40H55ClN4O3. The van der Waals surface area contributed by atoms with Crippen LogP contribution in [0.4, 0.5) is 11.4 Å². The minimum Gasteiger partial charge on any atom is -0.382 e. The molecule has 1 amide bonds. The van der Waals surface area contributed by atoms with E-state index < -0.39 is 0 Å². The van der Waals surface area contributed by atoms with Gasteiger partial charge in [-0.3, -0.25) is 4.79 Å². The highest BCUT2D eigenvalue weighted by molar-refractivity contribution is 6.37. The van der Waals surface area contributed by atoms with Crippen molar-refractivity contribution in [1.29, 1.82) is 0 Å². The maximum atomic E-state index is 14.3. The van der Waals surface area contributed by atoms with E-state index in [1.807, 2.05) is 0 Å². The van der Waals surface area contributed by atoms with Gasteiger partial charge in [-0.2, -0.15) is 0 Å². The zero-order valence-corrected chi connectivity index (χ0v) is 30.9. The summed E-state index contributed by atoms with van der Waals surface area (Å²) in [5.41, 5.74) is 10.9. The summed E-state index contributed by atoms with van der Waals surface area (Å²) >= 11 is 7.40. The Labute approximate surface area is 293 Å². The molecular weight excluding hydrogens is 620 g/mol. The van der Waals surface area contributed by atoms with Crippen LogP contribution in [0.3, 0.4) is 0 Å². The molecule has 8 heteroatoms. The number of hydrogen-bond acceptors (Lipinski definition) is 6. The van der Waals surface area contributed by atoms with Crippen molar-refractivity contribution in [3.63, 3.8) is 0 Å². The highest BCUT2D eigenvalue weighted by Crippen LogP contribution is 2.52. The van der Waals surface area contributed by atoms with E-state index in [-0.39, 0.29) is 17.4 Å². The summed E-state index contributed by atoms with van der Waals surface area (Å²) in [5, 5.41) is 7.29. The molecule has 1 spiro atoms. The molecule has 4 heterocycles. The number of halogens is 1. The van der Waals surface area contributed by atoms with Crippen molar-refractivity contribution in [2.45, 2.75) is 104 Å². The monoisotopic (exact) mass is 674 g/mol. The van der Waals surface area contributed by atoms with Crippen LogP contribution in [-0.2, 0) is 14.9 Å². The average Bonchev–Trinajstić information content (AvgIpc) is 3.28. The van der Waals surface area contributed by atoms with Gasteiger partial charge in [-0.05, 0) is 120 Å². The molecule has 2 fully saturated rings. The first-order valence-electron chi connectivity index (χ1n) is 18.2. The van der Waals surface area contributed by atoms with Crippen LogP contribution in [0, 0.1) is 6.92 Å². The van der Waals surface area contributed by atoms with Crippen LogP contribution >= 0.6 is 11.6 Å². The third-order valence-corrected chi connectivity index (χ3v) is 12.0. The zero-order valence-electron chi connectivity index (χ0n) is 30.1. The number of benzene rings is 2. The Balaban J connectivity index is 1.45. The molecule has 260 valence electrons. The van der Waals surface area contributed by atoms with Crippen molar-refractivity contribution in [3.8, 4) is 11.1 Å². The average molecular weight is 675 g/mol. The van der Waals surface area contributed by atoms with Crippen molar-refractivity contribution in [2.75, 3.05) is 55.9 Å². The number of ether oxygens (including phenoxy) is 2. The largest absolute Gasteiger partial charge is 0.382 e. The van der Waals surface area contributed by atoms with Crippen molar-refractivity contribution < 1.29 is 14.3 Å². The number of rotatable bonds is 9. The summed E-state index contributed by atoms with van der Waals surface area (Å²) in [6.45, 7) is 20.7. The second-order valence-corrected chi connectivity index (χ2v) is 14.7. The summed E-state index contributed by atoms with van der Waals surface area (Å²) in [6.07, 6.45) is 7.23. The van der Waals surface area contributed by atoms with Crippen LogP contribution in [0.5, 0.6) is 0 Å². The number of allylic oxidation sites excluding steroid dienone is 3. The Hall–Kier alpha value is -3.00. The normalized spacial score (nSPS) is 22.4. The Morgan fingerprint density at radius 2 is 1.77 bits per heavy atom. The molecule has 0 saturated carbocycles. The SMILES string of the molecule is CCCN1c2cc(-c3cc(N(CC)C4CCOCC4)c(C)c(C(=O)NCC4=C(C)C=C(C)NC4C)c3Cl)ccc2C2(CCOCC2)C1C. The van der Waals surface area contributed by atoms with Gasteiger partial charge in [0.25, 0.3) is 5.91 Å². The molecule has 0 radical (unpaired) electrons. The first kappa shape index (κ1) is 34.8. The predicted octanol–water partition coefficient (Wildman–Crippen LogP) is 7.93. The molecule has 2 saturated heterocycles. The van der Waals surface area contributed by atoms with Crippen LogP contribution in [0.1, 0.15) is 95.1 Å². The van der Waals surface area contributed by atoms with Gasteiger partial charge in [0.15, 0.2) is 0 Å². The summed E-state index contributed by atoms with van der Waals surface area (Å²) in [6, 6.07) is 10.1. The second-order valence-electron chi connectivity index (χ2n) is 14.3. The van der Waals surface area contributed by atoms with Gasteiger partial charge in [0.2, 0.25) is 0 Å². The smallest absolute Gasteiger partial charge is 0.253 e. The lowest BCUT2D eigenvalue weighted by molar-refractivity contribution is 0.0453. The van der Waals surface area contributed by atoms with E-state index in [2.05, 4.69) is 99.2 Å². The minimum atomic E-state index is -0.133. The Morgan fingerprint density at radius 3 is 2.44 bits per heavy atom. The van der Waals surface area contributed by atoms with E-state index in [9.17, 15) is 4.79 Å². The molecule has 4 aliphatic heterocycles. The van der Waals surface area contributed by atoms with E-state index in [4.69, 9.17) is 21.1 Å².